The lowest BCUT2D eigenvalue weighted by molar-refractivity contribution is -0.0578. The van der Waals surface area contributed by atoms with Gasteiger partial charge in [-0.25, -0.2) is 0 Å². The zero-order chi connectivity index (χ0) is 17.1. The number of aryl methyl sites for hydroxylation is 1. The predicted octanol–water partition coefficient (Wildman–Crippen LogP) is 1.71. The van der Waals surface area contributed by atoms with Crippen LogP contribution in [-0.2, 0) is 11.2 Å². The average molecular weight is 346 g/mol. The molecule has 2 fully saturated rings. The summed E-state index contributed by atoms with van der Waals surface area (Å²) in [7, 11) is 0. The van der Waals surface area contributed by atoms with Crippen LogP contribution in [-0.4, -0.2) is 62.8 Å². The molecule has 0 radical (unpaired) electrons. The van der Waals surface area contributed by atoms with Crippen LogP contribution in [0.5, 0.6) is 0 Å². The monoisotopic (exact) mass is 346 g/mol. The van der Waals surface area contributed by atoms with Crippen molar-refractivity contribution in [1.29, 1.82) is 0 Å². The molecule has 0 aliphatic carbocycles. The fraction of sp³-hybridized carbons (Fsp3) is 0.765. The summed E-state index contributed by atoms with van der Waals surface area (Å²) in [5.74, 6) is 2.29. The Labute approximate surface area is 147 Å². The Balaban J connectivity index is 1.32. The first-order chi connectivity index (χ1) is 12.3. The van der Waals surface area contributed by atoms with Crippen molar-refractivity contribution in [3.8, 4) is 0 Å². The molecule has 2 aromatic heterocycles. The SMILES string of the molecule is Cc1noc([C@@H]2CCCO[C@H]2C2CCN(CCc3cn[nH]n3)CC2)n1. The molecule has 8 heteroatoms. The molecular formula is C17H26N6O2. The van der Waals surface area contributed by atoms with Gasteiger partial charge in [-0.05, 0) is 51.6 Å². The number of nitrogens with zero attached hydrogens (tertiary/aromatic N) is 5. The number of aromatic amines is 1. The van der Waals surface area contributed by atoms with Gasteiger partial charge in [-0.2, -0.15) is 20.4 Å². The third kappa shape index (κ3) is 3.90. The molecule has 2 atom stereocenters. The van der Waals surface area contributed by atoms with E-state index < -0.39 is 0 Å². The van der Waals surface area contributed by atoms with Crippen molar-refractivity contribution in [3.63, 3.8) is 0 Å². The van der Waals surface area contributed by atoms with E-state index in [1.165, 1.54) is 0 Å². The molecule has 25 heavy (non-hydrogen) atoms. The predicted molar refractivity (Wildman–Crippen MR) is 90.0 cm³/mol. The maximum absolute atomic E-state index is 6.18. The van der Waals surface area contributed by atoms with Crippen molar-refractivity contribution in [2.45, 2.75) is 51.0 Å². The molecule has 2 saturated heterocycles. The zero-order valence-electron chi connectivity index (χ0n) is 14.7. The Morgan fingerprint density at radius 2 is 2.16 bits per heavy atom. The minimum atomic E-state index is 0.214. The van der Waals surface area contributed by atoms with Crippen molar-refractivity contribution in [2.75, 3.05) is 26.2 Å². The van der Waals surface area contributed by atoms with E-state index in [2.05, 4.69) is 30.5 Å². The van der Waals surface area contributed by atoms with Gasteiger partial charge in [0.05, 0.1) is 23.9 Å². The molecule has 4 rings (SSSR count). The molecule has 2 aliphatic rings. The van der Waals surface area contributed by atoms with Gasteiger partial charge >= 0.3 is 0 Å². The van der Waals surface area contributed by atoms with Gasteiger partial charge in [-0.15, -0.1) is 0 Å². The second kappa shape index (κ2) is 7.61. The normalized spacial score (nSPS) is 26.1. The van der Waals surface area contributed by atoms with Gasteiger partial charge in [0.15, 0.2) is 5.82 Å². The maximum Gasteiger partial charge on any atom is 0.232 e. The minimum Gasteiger partial charge on any atom is -0.377 e. The molecule has 0 saturated carbocycles. The van der Waals surface area contributed by atoms with Gasteiger partial charge < -0.3 is 14.2 Å². The summed E-state index contributed by atoms with van der Waals surface area (Å²) in [6, 6.07) is 0. The molecule has 8 nitrogen and oxygen atoms in total. The molecule has 0 bridgehead atoms. The Bertz CT molecular complexity index is 650. The van der Waals surface area contributed by atoms with Crippen molar-refractivity contribution in [2.24, 2.45) is 5.92 Å². The average Bonchev–Trinajstić information content (AvgIpc) is 3.32. The molecule has 0 spiro atoms. The number of likely N-dealkylation sites (tertiary alicyclic amines) is 1. The Morgan fingerprint density at radius 3 is 2.88 bits per heavy atom. The molecule has 0 amide bonds. The quantitative estimate of drug-likeness (QED) is 0.881. The van der Waals surface area contributed by atoms with Gasteiger partial charge in [0, 0.05) is 19.6 Å². The smallest absolute Gasteiger partial charge is 0.232 e. The van der Waals surface area contributed by atoms with Gasteiger partial charge in [0.1, 0.15) is 0 Å². The summed E-state index contributed by atoms with van der Waals surface area (Å²) in [5, 5.41) is 14.6. The first-order valence-electron chi connectivity index (χ1n) is 9.28. The molecule has 136 valence electrons. The highest BCUT2D eigenvalue weighted by atomic mass is 16.5. The van der Waals surface area contributed by atoms with E-state index in [1.54, 1.807) is 6.20 Å². The van der Waals surface area contributed by atoms with E-state index >= 15 is 0 Å². The lowest BCUT2D eigenvalue weighted by Gasteiger charge is -2.40. The summed E-state index contributed by atoms with van der Waals surface area (Å²) in [6.45, 7) is 5.98. The summed E-state index contributed by atoms with van der Waals surface area (Å²) in [5.41, 5.74) is 1.03. The minimum absolute atomic E-state index is 0.214. The number of hydrogen-bond acceptors (Lipinski definition) is 7. The molecule has 0 unspecified atom stereocenters. The number of nitrogens with one attached hydrogen (secondary N) is 1. The van der Waals surface area contributed by atoms with Crippen molar-refractivity contribution < 1.29 is 9.26 Å². The van der Waals surface area contributed by atoms with Crippen molar-refractivity contribution in [1.82, 2.24) is 30.5 Å². The summed E-state index contributed by atoms with van der Waals surface area (Å²) < 4.78 is 11.6. The molecule has 2 aliphatic heterocycles. The standard InChI is InChI=1S/C17H26N6O2/c1-12-19-17(25-21-12)15-3-2-10-24-16(15)13-4-7-23(8-5-13)9-6-14-11-18-22-20-14/h11,13,15-16H,2-10H2,1H3,(H,18,20,22)/t15-,16+/m1/s1. The van der Waals surface area contributed by atoms with E-state index in [4.69, 9.17) is 9.26 Å². The molecule has 2 aromatic rings. The highest BCUT2D eigenvalue weighted by Crippen LogP contribution is 2.37. The van der Waals surface area contributed by atoms with Gasteiger partial charge in [0.25, 0.3) is 0 Å². The Kier molecular flexibility index (Phi) is 5.07. The number of H-pyrrole nitrogens is 1. The van der Waals surface area contributed by atoms with Crippen LogP contribution < -0.4 is 0 Å². The van der Waals surface area contributed by atoms with E-state index in [9.17, 15) is 0 Å². The van der Waals surface area contributed by atoms with E-state index in [-0.39, 0.29) is 12.0 Å². The maximum atomic E-state index is 6.18. The molecule has 0 aromatic carbocycles. The summed E-state index contributed by atoms with van der Waals surface area (Å²) in [4.78, 5) is 6.98. The molecular weight excluding hydrogens is 320 g/mol. The van der Waals surface area contributed by atoms with Crippen LogP contribution in [0.2, 0.25) is 0 Å². The number of aromatic nitrogens is 5. The third-order valence-electron chi connectivity index (χ3n) is 5.47. The largest absolute Gasteiger partial charge is 0.377 e. The second-order valence-corrected chi connectivity index (χ2v) is 7.15. The lowest BCUT2D eigenvalue weighted by Crippen LogP contribution is -2.43. The van der Waals surface area contributed by atoms with Crippen molar-refractivity contribution >= 4 is 0 Å². The number of hydrogen-bond donors (Lipinski definition) is 1. The highest BCUT2D eigenvalue weighted by Gasteiger charge is 2.38. The van der Waals surface area contributed by atoms with Gasteiger partial charge in [0.2, 0.25) is 5.89 Å². The fourth-order valence-corrected chi connectivity index (χ4v) is 4.12. The van der Waals surface area contributed by atoms with Crippen LogP contribution in [0.3, 0.4) is 0 Å². The number of rotatable bonds is 5. The van der Waals surface area contributed by atoms with Crippen LogP contribution in [0.1, 0.15) is 49.0 Å². The topological polar surface area (TPSA) is 93.0 Å². The molecule has 4 heterocycles. The fourth-order valence-electron chi connectivity index (χ4n) is 4.12. The lowest BCUT2D eigenvalue weighted by atomic mass is 9.80. The first kappa shape index (κ1) is 16.7. The summed E-state index contributed by atoms with van der Waals surface area (Å²) >= 11 is 0. The van der Waals surface area contributed by atoms with Crippen LogP contribution in [0.25, 0.3) is 0 Å². The highest BCUT2D eigenvalue weighted by molar-refractivity contribution is 5.01. The van der Waals surface area contributed by atoms with E-state index in [0.29, 0.717) is 11.7 Å². The Morgan fingerprint density at radius 1 is 1.28 bits per heavy atom. The number of piperidine rings is 1. The number of ether oxygens (including phenoxy) is 1. The van der Waals surface area contributed by atoms with E-state index in [0.717, 1.165) is 69.9 Å². The Hall–Kier alpha value is -1.80. The van der Waals surface area contributed by atoms with E-state index in [1.807, 2.05) is 6.92 Å². The van der Waals surface area contributed by atoms with Crippen molar-refractivity contribution in [3.05, 3.63) is 23.6 Å². The third-order valence-corrected chi connectivity index (χ3v) is 5.47. The van der Waals surface area contributed by atoms with Crippen LogP contribution in [0.15, 0.2) is 10.7 Å². The summed E-state index contributed by atoms with van der Waals surface area (Å²) in [6.07, 6.45) is 7.44. The van der Waals surface area contributed by atoms with Gasteiger partial charge in [-0.3, -0.25) is 0 Å². The first-order valence-corrected chi connectivity index (χ1v) is 9.28. The molecule has 1 N–H and O–H groups in total. The zero-order valence-corrected chi connectivity index (χ0v) is 14.7. The van der Waals surface area contributed by atoms with Crippen LogP contribution >= 0.6 is 0 Å². The second-order valence-electron chi connectivity index (χ2n) is 7.15. The van der Waals surface area contributed by atoms with Crippen LogP contribution in [0.4, 0.5) is 0 Å². The van der Waals surface area contributed by atoms with Gasteiger partial charge in [-0.1, -0.05) is 5.16 Å². The van der Waals surface area contributed by atoms with Crippen LogP contribution in [0, 0.1) is 12.8 Å².